The van der Waals surface area contributed by atoms with E-state index in [1.807, 2.05) is 6.07 Å². The number of ether oxygens (including phenoxy) is 2. The number of esters is 1. The summed E-state index contributed by atoms with van der Waals surface area (Å²) in [6, 6.07) is 12.9. The smallest absolute Gasteiger partial charge is 0.337 e. The van der Waals surface area contributed by atoms with E-state index >= 15 is 0 Å². The summed E-state index contributed by atoms with van der Waals surface area (Å²) in [6.07, 6.45) is 0. The zero-order valence-electron chi connectivity index (χ0n) is 11.6. The van der Waals surface area contributed by atoms with E-state index in [-0.39, 0.29) is 11.8 Å². The van der Waals surface area contributed by atoms with Gasteiger partial charge in [0.15, 0.2) is 0 Å². The number of anilines is 1. The van der Waals surface area contributed by atoms with Crippen molar-refractivity contribution in [3.05, 3.63) is 59.9 Å². The monoisotopic (exact) mass is 289 g/mol. The molecule has 0 aromatic heterocycles. The van der Waals surface area contributed by atoms with Crippen molar-refractivity contribution in [1.29, 1.82) is 0 Å². The summed E-state index contributed by atoms with van der Waals surface area (Å²) >= 11 is 0. The molecule has 0 saturated heterocycles. The lowest BCUT2D eigenvalue weighted by Crippen LogP contribution is -2.12. The predicted octanol–water partition coefficient (Wildman–Crippen LogP) is 3.10. The van der Waals surface area contributed by atoms with E-state index in [1.54, 1.807) is 30.3 Å². The molecule has 0 aliphatic heterocycles. The fraction of sp³-hybridized carbons (Fsp3) is 0.188. The number of hydrogen-bond acceptors (Lipinski definition) is 4. The van der Waals surface area contributed by atoms with E-state index in [0.29, 0.717) is 24.5 Å². The van der Waals surface area contributed by atoms with E-state index in [1.165, 1.54) is 19.2 Å². The zero-order valence-corrected chi connectivity index (χ0v) is 11.6. The Hall–Kier alpha value is -2.56. The minimum atomic E-state index is -0.374. The quantitative estimate of drug-likeness (QED) is 0.655. The van der Waals surface area contributed by atoms with Gasteiger partial charge in [-0.3, -0.25) is 0 Å². The van der Waals surface area contributed by atoms with E-state index in [4.69, 9.17) is 4.74 Å². The molecule has 2 aromatic rings. The first-order valence-electron chi connectivity index (χ1n) is 6.49. The van der Waals surface area contributed by atoms with Gasteiger partial charge in [0, 0.05) is 12.2 Å². The molecule has 21 heavy (non-hydrogen) atoms. The summed E-state index contributed by atoms with van der Waals surface area (Å²) in [5, 5.41) is 3.14. The highest BCUT2D eigenvalue weighted by molar-refractivity contribution is 5.90. The first-order chi connectivity index (χ1) is 10.2. The SMILES string of the molecule is COC(=O)c1cccc(NCCOc2ccc(F)cc2)c1. The zero-order chi connectivity index (χ0) is 15.1. The lowest BCUT2D eigenvalue weighted by molar-refractivity contribution is 0.0601. The summed E-state index contributed by atoms with van der Waals surface area (Å²) in [7, 11) is 1.35. The van der Waals surface area contributed by atoms with Crippen molar-refractivity contribution in [1.82, 2.24) is 0 Å². The van der Waals surface area contributed by atoms with Gasteiger partial charge in [-0.2, -0.15) is 0 Å². The molecule has 1 N–H and O–H groups in total. The summed E-state index contributed by atoms with van der Waals surface area (Å²) in [4.78, 5) is 11.4. The van der Waals surface area contributed by atoms with Gasteiger partial charge in [0.1, 0.15) is 18.2 Å². The van der Waals surface area contributed by atoms with Gasteiger partial charge in [0.05, 0.1) is 12.7 Å². The third-order valence-electron chi connectivity index (χ3n) is 2.80. The molecule has 2 rings (SSSR count). The van der Waals surface area contributed by atoms with Crippen LogP contribution in [0, 0.1) is 5.82 Å². The summed E-state index contributed by atoms with van der Waals surface area (Å²) in [6.45, 7) is 0.982. The van der Waals surface area contributed by atoms with E-state index < -0.39 is 0 Å². The van der Waals surface area contributed by atoms with Crippen molar-refractivity contribution in [3.8, 4) is 5.75 Å². The minimum absolute atomic E-state index is 0.292. The second-order valence-electron chi connectivity index (χ2n) is 4.30. The van der Waals surface area contributed by atoms with Crippen molar-refractivity contribution in [3.63, 3.8) is 0 Å². The molecule has 0 radical (unpaired) electrons. The van der Waals surface area contributed by atoms with Crippen molar-refractivity contribution in [2.75, 3.05) is 25.6 Å². The normalized spacial score (nSPS) is 10.0. The molecule has 2 aromatic carbocycles. The van der Waals surface area contributed by atoms with Gasteiger partial charge < -0.3 is 14.8 Å². The van der Waals surface area contributed by atoms with Crippen molar-refractivity contribution in [2.45, 2.75) is 0 Å². The molecule has 4 nitrogen and oxygen atoms in total. The molecule has 0 bridgehead atoms. The summed E-state index contributed by atoms with van der Waals surface area (Å²) < 4.78 is 22.8. The Morgan fingerprint density at radius 2 is 1.95 bits per heavy atom. The van der Waals surface area contributed by atoms with Crippen LogP contribution >= 0.6 is 0 Å². The maximum atomic E-state index is 12.7. The maximum absolute atomic E-state index is 12.7. The molecule has 0 amide bonds. The maximum Gasteiger partial charge on any atom is 0.337 e. The first-order valence-corrected chi connectivity index (χ1v) is 6.49. The molecule has 0 aliphatic rings. The van der Waals surface area contributed by atoms with Crippen LogP contribution < -0.4 is 10.1 Å². The standard InChI is InChI=1S/C16H16FNO3/c1-20-16(19)12-3-2-4-14(11-12)18-9-10-21-15-7-5-13(17)6-8-15/h2-8,11,18H,9-10H2,1H3. The summed E-state index contributed by atoms with van der Waals surface area (Å²) in [5.41, 5.74) is 1.29. The van der Waals surface area contributed by atoms with Crippen LogP contribution in [0.2, 0.25) is 0 Å². The van der Waals surface area contributed by atoms with Crippen molar-refractivity contribution in [2.24, 2.45) is 0 Å². The van der Waals surface area contributed by atoms with Crippen LogP contribution in [-0.2, 0) is 4.74 Å². The largest absolute Gasteiger partial charge is 0.492 e. The fourth-order valence-corrected chi connectivity index (χ4v) is 1.77. The minimum Gasteiger partial charge on any atom is -0.492 e. The van der Waals surface area contributed by atoms with E-state index in [0.717, 1.165) is 5.69 Å². The van der Waals surface area contributed by atoms with Crippen LogP contribution in [-0.4, -0.2) is 26.2 Å². The molecule has 110 valence electrons. The number of methoxy groups -OCH3 is 1. The summed E-state index contributed by atoms with van der Waals surface area (Å²) in [5.74, 6) is -0.0529. The van der Waals surface area contributed by atoms with Crippen LogP contribution in [0.1, 0.15) is 10.4 Å². The van der Waals surface area contributed by atoms with E-state index in [2.05, 4.69) is 10.1 Å². The molecule has 5 heteroatoms. The predicted molar refractivity (Wildman–Crippen MR) is 78.2 cm³/mol. The topological polar surface area (TPSA) is 47.6 Å². The van der Waals surface area contributed by atoms with Crippen LogP contribution in [0.25, 0.3) is 0 Å². The number of rotatable bonds is 6. The Morgan fingerprint density at radius 3 is 2.67 bits per heavy atom. The number of benzene rings is 2. The fourth-order valence-electron chi connectivity index (χ4n) is 1.77. The van der Waals surface area contributed by atoms with Crippen LogP contribution in [0.4, 0.5) is 10.1 Å². The highest BCUT2D eigenvalue weighted by Crippen LogP contribution is 2.12. The van der Waals surface area contributed by atoms with Crippen LogP contribution in [0.15, 0.2) is 48.5 Å². The average Bonchev–Trinajstić information content (AvgIpc) is 2.53. The highest BCUT2D eigenvalue weighted by Gasteiger charge is 2.05. The molecule has 0 atom stereocenters. The number of carbonyl (C=O) groups excluding carboxylic acids is 1. The van der Waals surface area contributed by atoms with E-state index in [9.17, 15) is 9.18 Å². The molecule has 0 unspecified atom stereocenters. The van der Waals surface area contributed by atoms with Gasteiger partial charge in [0.2, 0.25) is 0 Å². The van der Waals surface area contributed by atoms with Gasteiger partial charge in [-0.1, -0.05) is 6.07 Å². The van der Waals surface area contributed by atoms with Crippen molar-refractivity contribution >= 4 is 11.7 Å². The Morgan fingerprint density at radius 1 is 1.19 bits per heavy atom. The molecule has 0 fully saturated rings. The van der Waals surface area contributed by atoms with Gasteiger partial charge >= 0.3 is 5.97 Å². The van der Waals surface area contributed by atoms with Gasteiger partial charge in [-0.05, 0) is 42.5 Å². The van der Waals surface area contributed by atoms with Gasteiger partial charge in [-0.15, -0.1) is 0 Å². The number of nitrogens with one attached hydrogen (secondary N) is 1. The number of carbonyl (C=O) groups is 1. The molecular formula is C16H16FNO3. The lowest BCUT2D eigenvalue weighted by Gasteiger charge is -2.09. The van der Waals surface area contributed by atoms with Crippen LogP contribution in [0.5, 0.6) is 5.75 Å². The third kappa shape index (κ3) is 4.49. The Balaban J connectivity index is 1.80. The Labute approximate surface area is 122 Å². The third-order valence-corrected chi connectivity index (χ3v) is 2.80. The molecule has 0 aliphatic carbocycles. The Bertz CT molecular complexity index is 599. The Kier molecular flexibility index (Phi) is 5.15. The highest BCUT2D eigenvalue weighted by atomic mass is 19.1. The number of halogens is 1. The number of hydrogen-bond donors (Lipinski definition) is 1. The van der Waals surface area contributed by atoms with Crippen molar-refractivity contribution < 1.29 is 18.7 Å². The van der Waals surface area contributed by atoms with Crippen LogP contribution in [0.3, 0.4) is 0 Å². The molecule has 0 spiro atoms. The second kappa shape index (κ2) is 7.28. The molecule has 0 heterocycles. The average molecular weight is 289 g/mol. The first kappa shape index (κ1) is 14.8. The molecular weight excluding hydrogens is 273 g/mol. The lowest BCUT2D eigenvalue weighted by atomic mass is 10.2. The van der Waals surface area contributed by atoms with Gasteiger partial charge in [-0.25, -0.2) is 9.18 Å². The second-order valence-corrected chi connectivity index (χ2v) is 4.30. The molecule has 0 saturated carbocycles. The van der Waals surface area contributed by atoms with Gasteiger partial charge in [0.25, 0.3) is 0 Å².